The van der Waals surface area contributed by atoms with Crippen molar-refractivity contribution in [1.29, 1.82) is 0 Å². The Hall–Kier alpha value is -5.24. The van der Waals surface area contributed by atoms with Gasteiger partial charge in [-0.05, 0) is 85.1 Å². The standard InChI is InChI=1S/C36H33NO7/c1-24-4-10-27(11-5-24)36(2,23-22-34(40)44-37-32(38)20-21-33(37)39)28-12-18-31(19-13-28)43-30-16-8-26(9-17-30)35(41)25-6-14-29(42-3)15-7-25/h4-19H,20-23H2,1-3H3. The third kappa shape index (κ3) is 6.70. The maximum Gasteiger partial charge on any atom is 0.333 e. The zero-order chi connectivity index (χ0) is 31.3. The highest BCUT2D eigenvalue weighted by Crippen LogP contribution is 2.38. The molecular weight excluding hydrogens is 558 g/mol. The van der Waals surface area contributed by atoms with Crippen LogP contribution in [-0.2, 0) is 24.6 Å². The van der Waals surface area contributed by atoms with E-state index in [9.17, 15) is 19.2 Å². The predicted octanol–water partition coefficient (Wildman–Crippen LogP) is 6.72. The lowest BCUT2D eigenvalue weighted by Crippen LogP contribution is -2.33. The smallest absolute Gasteiger partial charge is 0.333 e. The molecule has 1 unspecified atom stereocenters. The summed E-state index contributed by atoms with van der Waals surface area (Å²) in [6.45, 7) is 4.06. The van der Waals surface area contributed by atoms with Gasteiger partial charge < -0.3 is 14.3 Å². The second kappa shape index (κ2) is 13.0. The van der Waals surface area contributed by atoms with Crippen LogP contribution in [0, 0.1) is 6.92 Å². The maximum absolute atomic E-state index is 12.9. The molecule has 224 valence electrons. The topological polar surface area (TPSA) is 99.2 Å². The van der Waals surface area contributed by atoms with Crippen molar-refractivity contribution < 1.29 is 33.5 Å². The summed E-state index contributed by atoms with van der Waals surface area (Å²) in [6, 6.07) is 29.7. The first-order chi connectivity index (χ1) is 21.2. The molecule has 5 rings (SSSR count). The minimum atomic E-state index is -0.638. The lowest BCUT2D eigenvalue weighted by atomic mass is 9.73. The van der Waals surface area contributed by atoms with E-state index < -0.39 is 23.2 Å². The first kappa shape index (κ1) is 30.2. The van der Waals surface area contributed by atoms with Gasteiger partial charge in [0.1, 0.15) is 17.2 Å². The zero-order valence-electron chi connectivity index (χ0n) is 24.9. The van der Waals surface area contributed by atoms with Crippen molar-refractivity contribution in [1.82, 2.24) is 5.06 Å². The number of rotatable bonds is 11. The number of imide groups is 1. The summed E-state index contributed by atoms with van der Waals surface area (Å²) >= 11 is 0. The summed E-state index contributed by atoms with van der Waals surface area (Å²) in [7, 11) is 1.58. The normalized spacial score (nSPS) is 14.2. The van der Waals surface area contributed by atoms with Gasteiger partial charge in [0.05, 0.1) is 7.11 Å². The van der Waals surface area contributed by atoms with E-state index >= 15 is 0 Å². The molecule has 0 aliphatic carbocycles. The molecule has 1 aliphatic rings. The van der Waals surface area contributed by atoms with Crippen LogP contribution < -0.4 is 9.47 Å². The Morgan fingerprint density at radius 1 is 0.705 bits per heavy atom. The number of hydrogen-bond donors (Lipinski definition) is 0. The van der Waals surface area contributed by atoms with Gasteiger partial charge in [-0.15, -0.1) is 5.06 Å². The van der Waals surface area contributed by atoms with E-state index in [-0.39, 0.29) is 25.0 Å². The van der Waals surface area contributed by atoms with Crippen LogP contribution in [0.5, 0.6) is 17.2 Å². The fraction of sp³-hybridized carbons (Fsp3) is 0.222. The van der Waals surface area contributed by atoms with Crippen molar-refractivity contribution in [2.45, 2.75) is 44.9 Å². The molecule has 1 fully saturated rings. The van der Waals surface area contributed by atoms with Gasteiger partial charge in [0.15, 0.2) is 5.78 Å². The van der Waals surface area contributed by atoms with E-state index in [0.29, 0.717) is 39.9 Å². The number of ketones is 1. The summed E-state index contributed by atoms with van der Waals surface area (Å²) < 4.78 is 11.2. The molecule has 4 aromatic carbocycles. The Labute approximate surface area is 256 Å². The van der Waals surface area contributed by atoms with Gasteiger partial charge in [-0.3, -0.25) is 14.4 Å². The van der Waals surface area contributed by atoms with E-state index in [0.717, 1.165) is 16.7 Å². The summed E-state index contributed by atoms with van der Waals surface area (Å²) in [5.41, 5.74) is 3.61. The van der Waals surface area contributed by atoms with Crippen molar-refractivity contribution in [3.05, 3.63) is 125 Å². The molecule has 8 heteroatoms. The number of amides is 2. The molecule has 1 saturated heterocycles. The summed E-state index contributed by atoms with van der Waals surface area (Å²) in [5, 5.41) is 0.583. The third-order valence-electron chi connectivity index (χ3n) is 7.91. The van der Waals surface area contributed by atoms with Gasteiger partial charge in [0, 0.05) is 35.8 Å². The monoisotopic (exact) mass is 591 g/mol. The van der Waals surface area contributed by atoms with Crippen LogP contribution in [0.25, 0.3) is 0 Å². The molecule has 0 spiro atoms. The number of carbonyl (C=O) groups is 4. The fourth-order valence-corrected chi connectivity index (χ4v) is 5.14. The number of nitrogens with zero attached hydrogens (tertiary/aromatic N) is 1. The predicted molar refractivity (Wildman–Crippen MR) is 163 cm³/mol. The number of hydroxylamine groups is 2. The number of benzene rings is 4. The molecule has 44 heavy (non-hydrogen) atoms. The lowest BCUT2D eigenvalue weighted by molar-refractivity contribution is -0.197. The highest BCUT2D eigenvalue weighted by atomic mass is 16.7. The SMILES string of the molecule is COc1ccc(C(=O)c2ccc(Oc3ccc(C(C)(CCC(=O)ON4C(=O)CCC4=O)c4ccc(C)cc4)cc3)cc2)cc1. The molecule has 0 radical (unpaired) electrons. The number of ether oxygens (including phenoxy) is 2. The first-order valence-electron chi connectivity index (χ1n) is 14.4. The second-order valence-corrected chi connectivity index (χ2v) is 11.0. The maximum atomic E-state index is 12.9. The molecule has 0 aromatic heterocycles. The van der Waals surface area contributed by atoms with Gasteiger partial charge in [0.25, 0.3) is 11.8 Å². The van der Waals surface area contributed by atoms with Crippen molar-refractivity contribution in [2.24, 2.45) is 0 Å². The zero-order valence-corrected chi connectivity index (χ0v) is 24.9. The Morgan fingerprint density at radius 2 is 1.16 bits per heavy atom. The van der Waals surface area contributed by atoms with Gasteiger partial charge in [-0.2, -0.15) is 0 Å². The van der Waals surface area contributed by atoms with Crippen LogP contribution in [-0.4, -0.2) is 35.7 Å². The molecule has 0 bridgehead atoms. The Morgan fingerprint density at radius 3 is 1.66 bits per heavy atom. The average Bonchev–Trinajstić information content (AvgIpc) is 3.36. The number of carbonyl (C=O) groups excluding carboxylic acids is 4. The van der Waals surface area contributed by atoms with E-state index in [2.05, 4.69) is 0 Å². The van der Waals surface area contributed by atoms with E-state index in [4.69, 9.17) is 14.3 Å². The van der Waals surface area contributed by atoms with Crippen molar-refractivity contribution in [3.63, 3.8) is 0 Å². The molecule has 1 atom stereocenters. The molecule has 0 saturated carbocycles. The van der Waals surface area contributed by atoms with Crippen molar-refractivity contribution >= 4 is 23.6 Å². The van der Waals surface area contributed by atoms with E-state index in [1.165, 1.54) is 0 Å². The van der Waals surface area contributed by atoms with E-state index in [1.54, 1.807) is 55.6 Å². The number of methoxy groups -OCH3 is 1. The molecule has 1 aliphatic heterocycles. The van der Waals surface area contributed by atoms with Crippen LogP contribution in [0.15, 0.2) is 97.1 Å². The van der Waals surface area contributed by atoms with Gasteiger partial charge in [-0.1, -0.05) is 48.9 Å². The van der Waals surface area contributed by atoms with Crippen LogP contribution in [0.1, 0.15) is 65.2 Å². The minimum absolute atomic E-state index is 0.00127. The van der Waals surface area contributed by atoms with Crippen LogP contribution in [0.4, 0.5) is 0 Å². The van der Waals surface area contributed by atoms with Crippen LogP contribution >= 0.6 is 0 Å². The van der Waals surface area contributed by atoms with E-state index in [1.807, 2.05) is 62.4 Å². The molecular formula is C36H33NO7. The molecule has 8 nitrogen and oxygen atoms in total. The van der Waals surface area contributed by atoms with Crippen LogP contribution in [0.2, 0.25) is 0 Å². The lowest BCUT2D eigenvalue weighted by Gasteiger charge is -2.31. The Balaban J connectivity index is 1.29. The third-order valence-corrected chi connectivity index (χ3v) is 7.91. The summed E-state index contributed by atoms with van der Waals surface area (Å²) in [4.78, 5) is 54.4. The van der Waals surface area contributed by atoms with Gasteiger partial charge >= 0.3 is 5.97 Å². The highest BCUT2D eigenvalue weighted by molar-refractivity contribution is 6.09. The highest BCUT2D eigenvalue weighted by Gasteiger charge is 2.34. The van der Waals surface area contributed by atoms with Crippen LogP contribution in [0.3, 0.4) is 0 Å². The largest absolute Gasteiger partial charge is 0.497 e. The molecule has 1 heterocycles. The molecule has 0 N–H and O–H groups in total. The fourth-order valence-electron chi connectivity index (χ4n) is 5.14. The minimum Gasteiger partial charge on any atom is -0.497 e. The number of aryl methyl sites for hydroxylation is 1. The second-order valence-electron chi connectivity index (χ2n) is 11.0. The first-order valence-corrected chi connectivity index (χ1v) is 14.4. The van der Waals surface area contributed by atoms with Gasteiger partial charge in [-0.25, -0.2) is 4.79 Å². The van der Waals surface area contributed by atoms with Gasteiger partial charge in [0.2, 0.25) is 0 Å². The summed E-state index contributed by atoms with van der Waals surface area (Å²) in [5.74, 6) is 0.143. The molecule has 4 aromatic rings. The molecule has 2 amide bonds. The number of hydrogen-bond acceptors (Lipinski definition) is 7. The Kier molecular flexibility index (Phi) is 8.90. The Bertz CT molecular complexity index is 1640. The van der Waals surface area contributed by atoms with Crippen molar-refractivity contribution in [3.8, 4) is 17.2 Å². The van der Waals surface area contributed by atoms with Crippen molar-refractivity contribution in [2.75, 3.05) is 7.11 Å². The quantitative estimate of drug-likeness (QED) is 0.141. The average molecular weight is 592 g/mol. The summed E-state index contributed by atoms with van der Waals surface area (Å²) in [6.07, 6.45) is 0.484.